The molecule has 0 radical (unpaired) electrons. The van der Waals surface area contributed by atoms with Gasteiger partial charge in [0, 0.05) is 58.5 Å². The lowest BCUT2D eigenvalue weighted by Gasteiger charge is -2.41. The van der Waals surface area contributed by atoms with Gasteiger partial charge in [-0.25, -0.2) is 9.67 Å². The number of nitrogens with zero attached hydrogens (tertiary/aromatic N) is 5. The van der Waals surface area contributed by atoms with Crippen LogP contribution in [0, 0.1) is 0 Å². The summed E-state index contributed by atoms with van der Waals surface area (Å²) < 4.78 is 1.84. The quantitative estimate of drug-likeness (QED) is 0.219. The molecule has 0 saturated carbocycles. The minimum absolute atomic E-state index is 0.261. The topological polar surface area (TPSA) is 56.1 Å². The number of rotatable bonds is 6. The number of anilines is 2. The Morgan fingerprint density at radius 1 is 0.923 bits per heavy atom. The number of hydrogen-bond donors (Lipinski definition) is 0. The van der Waals surface area contributed by atoms with Gasteiger partial charge in [0.2, 0.25) is 0 Å². The zero-order chi connectivity index (χ0) is 27.0. The predicted molar refractivity (Wildman–Crippen MR) is 156 cm³/mol. The SMILES string of the molecule is C=C/C=C(\C)c1cccc2c1N(Oc1cccc(-n3cc(-c4cccnc4)cn3)c1)c1ncccc1C2(C)C. The van der Waals surface area contributed by atoms with Gasteiger partial charge in [-0.1, -0.05) is 69.0 Å². The summed E-state index contributed by atoms with van der Waals surface area (Å²) in [4.78, 5) is 15.7. The fraction of sp³-hybridized carbons (Fsp3) is 0.121. The molecule has 4 heterocycles. The largest absolute Gasteiger partial charge is 0.373 e. The molecule has 0 atom stereocenters. The van der Waals surface area contributed by atoms with Crippen LogP contribution in [0.1, 0.15) is 37.5 Å². The lowest BCUT2D eigenvalue weighted by Crippen LogP contribution is -2.36. The summed E-state index contributed by atoms with van der Waals surface area (Å²) in [5.74, 6) is 1.45. The first-order valence-corrected chi connectivity index (χ1v) is 12.9. The van der Waals surface area contributed by atoms with Crippen molar-refractivity contribution in [2.75, 3.05) is 5.06 Å². The van der Waals surface area contributed by atoms with E-state index in [1.54, 1.807) is 6.20 Å². The van der Waals surface area contributed by atoms with Crippen LogP contribution < -0.4 is 9.90 Å². The molecular weight excluding hydrogens is 482 g/mol. The number of para-hydroxylation sites is 1. The van der Waals surface area contributed by atoms with Gasteiger partial charge in [0.05, 0.1) is 17.6 Å². The van der Waals surface area contributed by atoms with Crippen LogP contribution in [0.4, 0.5) is 11.5 Å². The molecule has 3 aromatic heterocycles. The maximum Gasteiger partial charge on any atom is 0.173 e. The third-order valence-electron chi connectivity index (χ3n) is 7.21. The number of aromatic nitrogens is 4. The van der Waals surface area contributed by atoms with Crippen molar-refractivity contribution >= 4 is 17.1 Å². The maximum absolute atomic E-state index is 6.69. The smallest absolute Gasteiger partial charge is 0.173 e. The number of allylic oxidation sites excluding steroid dienone is 3. The van der Waals surface area contributed by atoms with Gasteiger partial charge in [-0.2, -0.15) is 10.2 Å². The van der Waals surface area contributed by atoms with Crippen LogP contribution in [-0.2, 0) is 5.41 Å². The van der Waals surface area contributed by atoms with Crippen LogP contribution >= 0.6 is 0 Å². The van der Waals surface area contributed by atoms with Crippen LogP contribution in [0.25, 0.3) is 22.4 Å². The van der Waals surface area contributed by atoms with Gasteiger partial charge in [-0.05, 0) is 42.3 Å². The Morgan fingerprint density at radius 3 is 2.56 bits per heavy atom. The second-order valence-corrected chi connectivity index (χ2v) is 10.1. The molecule has 0 unspecified atom stereocenters. The molecule has 0 N–H and O–H groups in total. The molecule has 0 fully saturated rings. The maximum atomic E-state index is 6.69. The van der Waals surface area contributed by atoms with E-state index in [2.05, 4.69) is 61.7 Å². The molecule has 39 heavy (non-hydrogen) atoms. The number of benzene rings is 2. The predicted octanol–water partition coefficient (Wildman–Crippen LogP) is 7.69. The van der Waals surface area contributed by atoms with Crippen LogP contribution in [0.5, 0.6) is 5.75 Å². The number of pyridine rings is 2. The minimum Gasteiger partial charge on any atom is -0.373 e. The Bertz CT molecular complexity index is 1700. The van der Waals surface area contributed by atoms with Crippen molar-refractivity contribution in [2.24, 2.45) is 0 Å². The van der Waals surface area contributed by atoms with E-state index in [4.69, 9.17) is 9.82 Å². The summed E-state index contributed by atoms with van der Waals surface area (Å²) in [6.45, 7) is 10.5. The van der Waals surface area contributed by atoms with Crippen molar-refractivity contribution in [1.82, 2.24) is 19.7 Å². The molecule has 1 aliphatic rings. The molecule has 0 bridgehead atoms. The first-order valence-electron chi connectivity index (χ1n) is 12.9. The van der Waals surface area contributed by atoms with E-state index in [0.29, 0.717) is 5.75 Å². The summed E-state index contributed by atoms with van der Waals surface area (Å²) in [5.41, 5.74) is 8.05. The molecule has 0 saturated heterocycles. The normalized spacial score (nSPS) is 13.9. The molecule has 1 aliphatic heterocycles. The van der Waals surface area contributed by atoms with Crippen LogP contribution in [0.15, 0.2) is 116 Å². The Morgan fingerprint density at radius 2 is 1.74 bits per heavy atom. The molecule has 0 aliphatic carbocycles. The lowest BCUT2D eigenvalue weighted by atomic mass is 9.74. The summed E-state index contributed by atoms with van der Waals surface area (Å²) in [6.07, 6.45) is 13.1. The zero-order valence-corrected chi connectivity index (χ0v) is 22.2. The molecular formula is C33H29N5O. The van der Waals surface area contributed by atoms with E-state index >= 15 is 0 Å². The van der Waals surface area contributed by atoms with Crippen molar-refractivity contribution in [1.29, 1.82) is 0 Å². The fourth-order valence-electron chi connectivity index (χ4n) is 5.17. The summed E-state index contributed by atoms with van der Waals surface area (Å²) >= 11 is 0. The molecule has 2 aromatic carbocycles. The van der Waals surface area contributed by atoms with Gasteiger partial charge in [0.1, 0.15) is 0 Å². The van der Waals surface area contributed by atoms with Crippen molar-refractivity contribution in [3.05, 3.63) is 133 Å². The van der Waals surface area contributed by atoms with Gasteiger partial charge in [0.15, 0.2) is 11.6 Å². The fourth-order valence-corrected chi connectivity index (χ4v) is 5.17. The highest BCUT2D eigenvalue weighted by Crippen LogP contribution is 2.50. The standard InChI is InChI=1S/C33H29N5O/c1-5-10-23(2)28-14-7-15-29-31(28)38(32-30(33(29,3)4)16-9-18-35-32)39-27-13-6-12-26(19-27)37-22-25(21-36-37)24-11-8-17-34-20-24/h5-22H,1H2,2-4H3/b23-10+. The monoisotopic (exact) mass is 511 g/mol. The molecule has 6 heteroatoms. The minimum atomic E-state index is -0.261. The Balaban J connectivity index is 1.44. The van der Waals surface area contributed by atoms with Crippen LogP contribution in [0.3, 0.4) is 0 Å². The second kappa shape index (κ2) is 9.72. The van der Waals surface area contributed by atoms with Crippen molar-refractivity contribution in [3.8, 4) is 22.6 Å². The number of fused-ring (bicyclic) bond motifs is 2. The Labute approximate surface area is 228 Å². The van der Waals surface area contributed by atoms with Crippen molar-refractivity contribution < 1.29 is 4.84 Å². The first-order chi connectivity index (χ1) is 19.0. The molecule has 6 nitrogen and oxygen atoms in total. The third-order valence-corrected chi connectivity index (χ3v) is 7.21. The first kappa shape index (κ1) is 24.4. The lowest BCUT2D eigenvalue weighted by molar-refractivity contribution is 0.311. The summed E-state index contributed by atoms with van der Waals surface area (Å²) in [7, 11) is 0. The third kappa shape index (κ3) is 4.30. The second-order valence-electron chi connectivity index (χ2n) is 10.1. The van der Waals surface area contributed by atoms with Crippen molar-refractivity contribution in [2.45, 2.75) is 26.2 Å². The molecule has 6 rings (SSSR count). The van der Waals surface area contributed by atoms with Gasteiger partial charge < -0.3 is 4.84 Å². The van der Waals surface area contributed by atoms with Gasteiger partial charge in [0.25, 0.3) is 0 Å². The molecule has 0 spiro atoms. The molecule has 0 amide bonds. The van der Waals surface area contributed by atoms with Crippen molar-refractivity contribution in [3.63, 3.8) is 0 Å². The zero-order valence-electron chi connectivity index (χ0n) is 22.2. The highest BCUT2D eigenvalue weighted by atomic mass is 16.7. The van der Waals surface area contributed by atoms with Gasteiger partial charge in [-0.3, -0.25) is 4.98 Å². The Hall–Kier alpha value is -4.97. The van der Waals surface area contributed by atoms with Crippen LogP contribution in [0.2, 0.25) is 0 Å². The van der Waals surface area contributed by atoms with Crippen LogP contribution in [-0.4, -0.2) is 19.7 Å². The van der Waals surface area contributed by atoms with E-state index < -0.39 is 0 Å². The van der Waals surface area contributed by atoms with E-state index in [1.165, 1.54) is 5.56 Å². The average Bonchev–Trinajstić information content (AvgIpc) is 3.47. The van der Waals surface area contributed by atoms with E-state index in [9.17, 15) is 0 Å². The molecule has 192 valence electrons. The molecule has 5 aromatic rings. The Kier molecular flexibility index (Phi) is 6.08. The van der Waals surface area contributed by atoms with E-state index in [-0.39, 0.29) is 5.41 Å². The highest BCUT2D eigenvalue weighted by molar-refractivity contribution is 5.85. The average molecular weight is 512 g/mol. The van der Waals surface area contributed by atoms with E-state index in [1.807, 2.05) is 89.1 Å². The summed E-state index contributed by atoms with van der Waals surface area (Å²) in [6, 6.07) is 22.4. The van der Waals surface area contributed by atoms with E-state index in [0.717, 1.165) is 45.0 Å². The summed E-state index contributed by atoms with van der Waals surface area (Å²) in [5, 5.41) is 6.46. The van der Waals surface area contributed by atoms with Gasteiger partial charge in [-0.15, -0.1) is 0 Å². The van der Waals surface area contributed by atoms with Gasteiger partial charge >= 0.3 is 0 Å². The highest BCUT2D eigenvalue weighted by Gasteiger charge is 2.39. The number of hydrogen-bond acceptors (Lipinski definition) is 5.